The summed E-state index contributed by atoms with van der Waals surface area (Å²) in [6.45, 7) is 7.63. The zero-order chi connectivity index (χ0) is 39.6. The molecule has 2 unspecified atom stereocenters. The average molecular weight is 758 g/mol. The second-order valence-corrected chi connectivity index (χ2v) is 15.0. The molecule has 290 valence electrons. The van der Waals surface area contributed by atoms with Crippen LogP contribution in [0.15, 0.2) is 35.3 Å². The highest BCUT2D eigenvalue weighted by Gasteiger charge is 2.39. The molecule has 3 aromatic rings. The van der Waals surface area contributed by atoms with E-state index in [2.05, 4.69) is 16.1 Å². The molecule has 1 aliphatic heterocycles. The molecule has 7 nitrogen and oxygen atoms in total. The zero-order valence-corrected chi connectivity index (χ0v) is 30.8. The summed E-state index contributed by atoms with van der Waals surface area (Å²) in [4.78, 5) is 42.2. The largest absolute Gasteiger partial charge is 0.481 e. The van der Waals surface area contributed by atoms with Crippen LogP contribution in [0.4, 0.5) is 26.3 Å². The van der Waals surface area contributed by atoms with Gasteiger partial charge in [0.15, 0.2) is 0 Å². The normalized spacial score (nSPS) is 17.1. The summed E-state index contributed by atoms with van der Waals surface area (Å²) in [5, 5.41) is 12.3. The number of aromatic nitrogens is 1. The molecule has 1 amide bonds. The number of hydrogen-bond acceptors (Lipinski definition) is 4. The van der Waals surface area contributed by atoms with E-state index in [1.54, 1.807) is 13.8 Å². The number of nitrogens with one attached hydrogen (secondary N) is 1. The number of aliphatic carboxylic acids is 1. The van der Waals surface area contributed by atoms with Crippen molar-refractivity contribution < 1.29 is 41.0 Å². The lowest BCUT2D eigenvalue weighted by Gasteiger charge is -2.37. The van der Waals surface area contributed by atoms with Gasteiger partial charge in [-0.25, -0.2) is 13.2 Å². The lowest BCUT2D eigenvalue weighted by molar-refractivity contribution is -0.139. The fourth-order valence-corrected chi connectivity index (χ4v) is 8.27. The van der Waals surface area contributed by atoms with E-state index >= 15 is 8.78 Å². The van der Waals surface area contributed by atoms with Gasteiger partial charge in [-0.3, -0.25) is 14.4 Å². The number of carbonyl (C=O) groups excluding carboxylic acids is 1. The van der Waals surface area contributed by atoms with E-state index < -0.39 is 82.2 Å². The van der Waals surface area contributed by atoms with Gasteiger partial charge in [-0.15, -0.1) is 6.42 Å². The SMILES string of the molecule is C#Cc1cc(-c2c(C)cc(F)cc2C)c(F)c(C(CC(=O)O)NC(=O)C(CC(C)C)n2cc(C3CCN(C4CCCC4)CC3)c(C(F)(F)F)cc2=O)c1F. The fourth-order valence-electron chi connectivity index (χ4n) is 8.27. The van der Waals surface area contributed by atoms with Crippen LogP contribution in [0.5, 0.6) is 0 Å². The number of aryl methyl sites for hydroxylation is 2. The number of likely N-dealkylation sites (tertiary alicyclic amines) is 1. The molecule has 0 bridgehead atoms. The number of halogens is 6. The zero-order valence-electron chi connectivity index (χ0n) is 30.8. The Morgan fingerprint density at radius 2 is 1.59 bits per heavy atom. The van der Waals surface area contributed by atoms with Crippen LogP contribution in [0.3, 0.4) is 0 Å². The van der Waals surface area contributed by atoms with Crippen LogP contribution in [0.1, 0.15) is 117 Å². The van der Waals surface area contributed by atoms with E-state index in [1.165, 1.54) is 13.8 Å². The molecular weight excluding hydrogens is 712 g/mol. The second kappa shape index (κ2) is 16.4. The number of carboxylic acids is 1. The van der Waals surface area contributed by atoms with Gasteiger partial charge in [-0.05, 0) is 111 Å². The molecule has 54 heavy (non-hydrogen) atoms. The highest BCUT2D eigenvalue weighted by molar-refractivity contribution is 5.82. The van der Waals surface area contributed by atoms with Crippen LogP contribution in [0, 0.1) is 49.6 Å². The summed E-state index contributed by atoms with van der Waals surface area (Å²) >= 11 is 0. The molecule has 2 fully saturated rings. The maximum absolute atomic E-state index is 16.6. The second-order valence-electron chi connectivity index (χ2n) is 15.0. The maximum atomic E-state index is 16.6. The number of nitrogens with zero attached hydrogens (tertiary/aromatic N) is 2. The number of amides is 1. The maximum Gasteiger partial charge on any atom is 0.416 e. The van der Waals surface area contributed by atoms with Crippen LogP contribution in [-0.2, 0) is 15.8 Å². The minimum absolute atomic E-state index is 0.0783. The standard InChI is InChI=1S/C41H45F6N3O4/c1-6-25-18-29(36-23(4)16-27(42)17-24(36)5)39(44)37(38(25)43)32(20-35(52)53)48-40(54)33(15-22(2)3)50-21-30(31(19-34(50)51)41(45,46)47)26-11-13-49(14-12-26)28-9-7-8-10-28/h1,16-19,21-22,26,28,32-33H,7-15,20H2,2-5H3,(H,48,54)(H,52,53). The van der Waals surface area contributed by atoms with Gasteiger partial charge in [0.2, 0.25) is 5.91 Å². The van der Waals surface area contributed by atoms with Gasteiger partial charge in [-0.2, -0.15) is 13.2 Å². The fraction of sp³-hybridized carbons (Fsp3) is 0.488. The van der Waals surface area contributed by atoms with Crippen molar-refractivity contribution in [3.8, 4) is 23.5 Å². The Morgan fingerprint density at radius 3 is 2.13 bits per heavy atom. The third-order valence-corrected chi connectivity index (χ3v) is 10.8. The topological polar surface area (TPSA) is 91.6 Å². The number of carbonyl (C=O) groups is 2. The van der Waals surface area contributed by atoms with E-state index in [4.69, 9.17) is 6.42 Å². The first-order chi connectivity index (χ1) is 25.4. The third-order valence-electron chi connectivity index (χ3n) is 10.8. The summed E-state index contributed by atoms with van der Waals surface area (Å²) in [6.07, 6.45) is 5.86. The molecular formula is C41H45F6N3O4. The van der Waals surface area contributed by atoms with E-state index in [-0.39, 0.29) is 40.2 Å². The molecule has 0 spiro atoms. The Hall–Kier alpha value is -4.57. The molecule has 2 heterocycles. The minimum Gasteiger partial charge on any atom is -0.481 e. The van der Waals surface area contributed by atoms with E-state index in [1.807, 2.05) is 0 Å². The number of piperidine rings is 1. The highest BCUT2D eigenvalue weighted by atomic mass is 19.4. The number of rotatable bonds is 11. The van der Waals surface area contributed by atoms with Gasteiger partial charge in [0.1, 0.15) is 23.5 Å². The number of benzene rings is 2. The summed E-state index contributed by atoms with van der Waals surface area (Å²) in [7, 11) is 0. The Balaban J connectivity index is 1.58. The van der Waals surface area contributed by atoms with Gasteiger partial charge < -0.3 is 19.9 Å². The Kier molecular flexibility index (Phi) is 12.4. The van der Waals surface area contributed by atoms with Gasteiger partial charge in [0.05, 0.1) is 23.6 Å². The van der Waals surface area contributed by atoms with Crippen LogP contribution in [0.2, 0.25) is 0 Å². The van der Waals surface area contributed by atoms with Crippen molar-refractivity contribution in [2.24, 2.45) is 5.92 Å². The van der Waals surface area contributed by atoms with Gasteiger partial charge in [-0.1, -0.05) is 32.6 Å². The molecule has 1 aromatic heterocycles. The first kappa shape index (κ1) is 40.6. The summed E-state index contributed by atoms with van der Waals surface area (Å²) in [6, 6.07) is 0.868. The molecule has 5 rings (SSSR count). The summed E-state index contributed by atoms with van der Waals surface area (Å²) in [5.41, 5.74) is -3.12. The van der Waals surface area contributed by atoms with E-state index in [9.17, 15) is 37.1 Å². The minimum atomic E-state index is -4.85. The number of pyridine rings is 1. The quantitative estimate of drug-likeness (QED) is 0.151. The average Bonchev–Trinajstić information content (AvgIpc) is 3.62. The van der Waals surface area contributed by atoms with Crippen molar-refractivity contribution >= 4 is 11.9 Å². The number of terminal acetylenes is 1. The van der Waals surface area contributed by atoms with Gasteiger partial charge >= 0.3 is 12.1 Å². The van der Waals surface area contributed by atoms with Crippen molar-refractivity contribution in [1.29, 1.82) is 0 Å². The van der Waals surface area contributed by atoms with Crippen LogP contribution >= 0.6 is 0 Å². The molecule has 1 saturated heterocycles. The summed E-state index contributed by atoms with van der Waals surface area (Å²) < 4.78 is 91.1. The Labute approximate surface area is 310 Å². The van der Waals surface area contributed by atoms with Gasteiger partial charge in [0.25, 0.3) is 5.56 Å². The van der Waals surface area contributed by atoms with Crippen LogP contribution < -0.4 is 10.9 Å². The van der Waals surface area contributed by atoms with E-state index in [0.29, 0.717) is 38.0 Å². The predicted molar refractivity (Wildman–Crippen MR) is 192 cm³/mol. The first-order valence-corrected chi connectivity index (χ1v) is 18.3. The molecule has 1 aliphatic carbocycles. The molecule has 1 saturated carbocycles. The third kappa shape index (κ3) is 8.70. The number of hydrogen-bond donors (Lipinski definition) is 2. The van der Waals surface area contributed by atoms with Gasteiger partial charge in [0, 0.05) is 29.4 Å². The number of alkyl halides is 3. The molecule has 13 heteroatoms. The van der Waals surface area contributed by atoms with Crippen molar-refractivity contribution in [1.82, 2.24) is 14.8 Å². The lowest BCUT2D eigenvalue weighted by atomic mass is 9.86. The molecule has 2 atom stereocenters. The van der Waals surface area contributed by atoms with Crippen molar-refractivity contribution in [3.63, 3.8) is 0 Å². The van der Waals surface area contributed by atoms with Crippen LogP contribution in [-0.4, -0.2) is 45.6 Å². The first-order valence-electron chi connectivity index (χ1n) is 18.3. The molecule has 0 radical (unpaired) electrons. The van der Waals surface area contributed by atoms with E-state index in [0.717, 1.165) is 54.6 Å². The molecule has 2 N–H and O–H groups in total. The van der Waals surface area contributed by atoms with Crippen molar-refractivity contribution in [2.75, 3.05) is 13.1 Å². The van der Waals surface area contributed by atoms with Crippen LogP contribution in [0.25, 0.3) is 11.1 Å². The van der Waals surface area contributed by atoms with Crippen molar-refractivity contribution in [3.05, 3.63) is 91.6 Å². The predicted octanol–water partition coefficient (Wildman–Crippen LogP) is 8.59. The smallest absolute Gasteiger partial charge is 0.416 e. The number of carboxylic acid groups (broad SMARTS) is 1. The Bertz CT molecular complexity index is 1980. The Morgan fingerprint density at radius 1 is 0.981 bits per heavy atom. The molecule has 2 aromatic carbocycles. The summed E-state index contributed by atoms with van der Waals surface area (Å²) in [5.74, 6) is -4.45. The lowest BCUT2D eigenvalue weighted by Crippen LogP contribution is -2.42. The van der Waals surface area contributed by atoms with Crippen molar-refractivity contribution in [2.45, 2.75) is 109 Å². The molecule has 2 aliphatic rings. The monoisotopic (exact) mass is 757 g/mol. The highest BCUT2D eigenvalue weighted by Crippen LogP contribution is 2.41.